The Morgan fingerprint density at radius 3 is 2.45 bits per heavy atom. The van der Waals surface area contributed by atoms with Gasteiger partial charge in [-0.25, -0.2) is 23.4 Å². The number of carbonyl (C=O) groups is 2. The number of methoxy groups -OCH3 is 1. The lowest BCUT2D eigenvalue weighted by atomic mass is 9.97. The lowest BCUT2D eigenvalue weighted by Gasteiger charge is -2.48. The first-order valence-electron chi connectivity index (χ1n) is 15.9. The van der Waals surface area contributed by atoms with Crippen LogP contribution in [-0.2, 0) is 9.53 Å². The first-order chi connectivity index (χ1) is 23.2. The molecule has 2 aromatic carbocycles. The zero-order chi connectivity index (χ0) is 35.5. The van der Waals surface area contributed by atoms with Crippen LogP contribution in [0.5, 0.6) is 5.75 Å². The lowest BCUT2D eigenvalue weighted by molar-refractivity contribution is -0.118. The Hall–Kier alpha value is -5.51. The molecule has 0 unspecified atom stereocenters. The predicted molar refractivity (Wildman–Crippen MR) is 182 cm³/mol. The van der Waals surface area contributed by atoms with E-state index >= 15 is 8.78 Å². The maximum absolute atomic E-state index is 16.4. The molecule has 0 bridgehead atoms. The highest BCUT2D eigenvalue weighted by Gasteiger charge is 2.45. The molecule has 2 aromatic heterocycles. The maximum atomic E-state index is 16.4. The van der Waals surface area contributed by atoms with Crippen LogP contribution in [0.1, 0.15) is 53.0 Å². The average Bonchev–Trinajstić information content (AvgIpc) is 3.03. The molecule has 2 amide bonds. The van der Waals surface area contributed by atoms with Crippen molar-refractivity contribution in [1.29, 1.82) is 0 Å². The number of benzene rings is 2. The number of fused-ring (bicyclic) bond motifs is 5. The summed E-state index contributed by atoms with van der Waals surface area (Å²) < 4.78 is 43.9. The van der Waals surface area contributed by atoms with Gasteiger partial charge in [-0.1, -0.05) is 38.1 Å². The van der Waals surface area contributed by atoms with E-state index in [1.807, 2.05) is 13.8 Å². The third-order valence-corrected chi connectivity index (χ3v) is 8.73. The van der Waals surface area contributed by atoms with Crippen LogP contribution in [0.15, 0.2) is 47.3 Å². The van der Waals surface area contributed by atoms with Gasteiger partial charge in [0.15, 0.2) is 5.82 Å². The van der Waals surface area contributed by atoms with E-state index in [-0.39, 0.29) is 64.1 Å². The number of hydrogen-bond donors (Lipinski definition) is 1. The number of nitrogens with zero attached hydrogens (tertiary/aromatic N) is 5. The van der Waals surface area contributed by atoms with Gasteiger partial charge < -0.3 is 24.6 Å². The van der Waals surface area contributed by atoms with E-state index in [0.29, 0.717) is 5.56 Å². The van der Waals surface area contributed by atoms with Crippen LogP contribution in [0.3, 0.4) is 0 Å². The Bertz CT molecular complexity index is 2130. The number of para-hydroxylation sites is 1. The van der Waals surface area contributed by atoms with E-state index in [1.54, 1.807) is 50.8 Å². The first-order valence-corrected chi connectivity index (χ1v) is 15.9. The van der Waals surface area contributed by atoms with Crippen molar-refractivity contribution in [3.05, 3.63) is 81.4 Å². The summed E-state index contributed by atoms with van der Waals surface area (Å²) in [6.07, 6.45) is -0.591. The highest BCUT2D eigenvalue weighted by atomic mass is 19.1. The van der Waals surface area contributed by atoms with E-state index in [1.165, 1.54) is 28.7 Å². The number of pyridine rings is 2. The molecule has 0 saturated carbocycles. The van der Waals surface area contributed by atoms with Crippen LogP contribution in [0, 0.1) is 18.2 Å². The minimum Gasteiger partial charge on any atom is -0.496 e. The third-order valence-electron chi connectivity index (χ3n) is 8.73. The van der Waals surface area contributed by atoms with E-state index in [2.05, 4.69) is 15.1 Å². The standard InChI is InChI=1S/C36H36F2N6O5/c1-18(2)20-11-9-13-24(39-7)30(20)44-32-21(15-23(38)28(40-32)27-22(37)12-10-14-26(27)48-8)31-29(34(44)46)41-33(45)25-17-42(19(3)16-43(25)31)35(47)49-36(4,5)6/h9-15,18-19,25H,16-17H2,1-6,8H3,(H,41,45)/t19-,25-/m1/s1. The van der Waals surface area contributed by atoms with Crippen LogP contribution < -0.4 is 20.5 Å². The smallest absolute Gasteiger partial charge is 0.410 e. The van der Waals surface area contributed by atoms with Gasteiger partial charge in [-0.05, 0) is 57.4 Å². The molecule has 2 atom stereocenters. The molecule has 254 valence electrons. The summed E-state index contributed by atoms with van der Waals surface area (Å²) in [5.41, 5.74) is -1.11. The second-order valence-electron chi connectivity index (χ2n) is 13.5. The highest BCUT2D eigenvalue weighted by Crippen LogP contribution is 2.43. The number of carbonyl (C=O) groups excluding carboxylic acids is 2. The van der Waals surface area contributed by atoms with Gasteiger partial charge in [-0.3, -0.25) is 14.2 Å². The van der Waals surface area contributed by atoms with Crippen molar-refractivity contribution in [3.63, 3.8) is 0 Å². The van der Waals surface area contributed by atoms with Gasteiger partial charge in [-0.2, -0.15) is 0 Å². The second kappa shape index (κ2) is 12.2. The summed E-state index contributed by atoms with van der Waals surface area (Å²) in [7, 11) is 1.32. The van der Waals surface area contributed by atoms with Crippen molar-refractivity contribution in [3.8, 4) is 22.7 Å². The summed E-state index contributed by atoms with van der Waals surface area (Å²) >= 11 is 0. The molecule has 0 radical (unpaired) electrons. The SMILES string of the molecule is [C-]#[N+]c1cccc(C(C)C)c1-n1c(=O)c2c(c3cc(F)c(-c4c(F)cccc4OC)nc31)N1C[C@@H](C)N(C(=O)OC(C)(C)C)C[C@@H]1C(=O)N2. The van der Waals surface area contributed by atoms with Crippen molar-refractivity contribution < 1.29 is 27.8 Å². The van der Waals surface area contributed by atoms with E-state index in [0.717, 1.165) is 12.1 Å². The second-order valence-corrected chi connectivity index (χ2v) is 13.5. The van der Waals surface area contributed by atoms with Crippen molar-refractivity contribution in [2.45, 2.75) is 65.1 Å². The van der Waals surface area contributed by atoms with Crippen LogP contribution in [-0.4, -0.2) is 64.3 Å². The summed E-state index contributed by atoms with van der Waals surface area (Å²) in [5.74, 6) is -2.37. The largest absolute Gasteiger partial charge is 0.496 e. The molecule has 1 N–H and O–H groups in total. The molecule has 11 nitrogen and oxygen atoms in total. The quantitative estimate of drug-likeness (QED) is 0.239. The van der Waals surface area contributed by atoms with Crippen LogP contribution in [0.4, 0.5) is 30.6 Å². The number of ether oxygens (including phenoxy) is 2. The average molecular weight is 671 g/mol. The van der Waals surface area contributed by atoms with Crippen molar-refractivity contribution in [2.24, 2.45) is 0 Å². The molecule has 13 heteroatoms. The summed E-state index contributed by atoms with van der Waals surface area (Å²) in [6, 6.07) is 8.82. The number of amides is 2. The Kier molecular flexibility index (Phi) is 8.30. The number of hydrogen-bond acceptors (Lipinski definition) is 7. The van der Waals surface area contributed by atoms with Crippen molar-refractivity contribution in [1.82, 2.24) is 14.5 Å². The number of aromatic nitrogens is 2. The number of anilines is 2. The fourth-order valence-electron chi connectivity index (χ4n) is 6.54. The Balaban J connectivity index is 1.68. The third kappa shape index (κ3) is 5.60. The van der Waals surface area contributed by atoms with Gasteiger partial charge in [0.05, 0.1) is 37.2 Å². The fourth-order valence-corrected chi connectivity index (χ4v) is 6.54. The molecule has 49 heavy (non-hydrogen) atoms. The molecule has 1 fully saturated rings. The van der Waals surface area contributed by atoms with Crippen molar-refractivity contribution in [2.75, 3.05) is 30.4 Å². The zero-order valence-electron chi connectivity index (χ0n) is 28.2. The number of piperazine rings is 1. The van der Waals surface area contributed by atoms with Gasteiger partial charge in [-0.15, -0.1) is 0 Å². The van der Waals surface area contributed by atoms with E-state index in [9.17, 15) is 14.4 Å². The minimum atomic E-state index is -0.953. The molecule has 1 saturated heterocycles. The lowest BCUT2D eigenvalue weighted by Crippen LogP contribution is -2.65. The van der Waals surface area contributed by atoms with Crippen LogP contribution >= 0.6 is 0 Å². The number of nitrogens with one attached hydrogen (secondary N) is 1. The van der Waals surface area contributed by atoms with Gasteiger partial charge in [0.25, 0.3) is 5.56 Å². The highest BCUT2D eigenvalue weighted by molar-refractivity contribution is 6.11. The van der Waals surface area contributed by atoms with Gasteiger partial charge in [0, 0.05) is 18.0 Å². The summed E-state index contributed by atoms with van der Waals surface area (Å²) in [6.45, 7) is 18.8. The van der Waals surface area contributed by atoms with Gasteiger partial charge in [0.1, 0.15) is 40.2 Å². The Morgan fingerprint density at radius 2 is 1.80 bits per heavy atom. The molecule has 4 aromatic rings. The normalized spacial score (nSPS) is 17.4. The number of rotatable bonds is 4. The zero-order valence-corrected chi connectivity index (χ0v) is 28.2. The van der Waals surface area contributed by atoms with Crippen LogP contribution in [0.25, 0.3) is 32.8 Å². The minimum absolute atomic E-state index is 0.0291. The first kappa shape index (κ1) is 33.4. The Labute approximate surface area is 281 Å². The van der Waals surface area contributed by atoms with Crippen LogP contribution in [0.2, 0.25) is 0 Å². The van der Waals surface area contributed by atoms with E-state index < -0.39 is 52.6 Å². The maximum Gasteiger partial charge on any atom is 0.410 e. The van der Waals surface area contributed by atoms with E-state index in [4.69, 9.17) is 16.0 Å². The molecule has 4 heterocycles. The topological polar surface area (TPSA) is 110 Å². The summed E-state index contributed by atoms with van der Waals surface area (Å²) in [4.78, 5) is 53.1. The molecule has 0 spiro atoms. The Morgan fingerprint density at radius 1 is 1.08 bits per heavy atom. The molecule has 2 aliphatic heterocycles. The predicted octanol–water partition coefficient (Wildman–Crippen LogP) is 6.78. The van der Waals surface area contributed by atoms with Gasteiger partial charge >= 0.3 is 6.09 Å². The molecular formula is C36H36F2N6O5. The van der Waals surface area contributed by atoms with Gasteiger partial charge in [0.2, 0.25) is 11.6 Å². The molecule has 0 aliphatic carbocycles. The van der Waals surface area contributed by atoms with Crippen molar-refractivity contribution >= 4 is 40.1 Å². The number of halogens is 2. The molecule has 2 aliphatic rings. The summed E-state index contributed by atoms with van der Waals surface area (Å²) in [5, 5.41) is 2.87. The molecule has 6 rings (SSSR count). The molecular weight excluding hydrogens is 634 g/mol. The monoisotopic (exact) mass is 670 g/mol. The fraction of sp³-hybridized carbons (Fsp3) is 0.361.